The molecule has 0 saturated carbocycles. The minimum Gasteiger partial charge on any atom is -0.391 e. The first-order chi connectivity index (χ1) is 14.7. The molecule has 1 atom stereocenters. The minimum atomic E-state index is -1.47. The van der Waals surface area contributed by atoms with E-state index in [2.05, 4.69) is 10.2 Å². The average Bonchev–Trinajstić information content (AvgIpc) is 3.14. The van der Waals surface area contributed by atoms with Gasteiger partial charge in [0.05, 0.1) is 16.5 Å². The zero-order chi connectivity index (χ0) is 22.4. The largest absolute Gasteiger partial charge is 0.391 e. The molecule has 1 saturated heterocycles. The van der Waals surface area contributed by atoms with E-state index in [4.69, 9.17) is 11.6 Å². The number of aliphatic hydroxyl groups excluding tert-OH is 1. The van der Waals surface area contributed by atoms with Crippen molar-refractivity contribution in [3.05, 3.63) is 67.6 Å². The fourth-order valence-corrected chi connectivity index (χ4v) is 3.79. The van der Waals surface area contributed by atoms with Crippen LogP contribution in [0, 0.1) is 22.4 Å². The number of nitrogens with zero attached hydrogens (tertiary/aromatic N) is 4. The summed E-state index contributed by atoms with van der Waals surface area (Å²) in [5, 5.41) is 11.1. The van der Waals surface area contributed by atoms with Gasteiger partial charge in [0.2, 0.25) is 5.43 Å². The van der Waals surface area contributed by atoms with E-state index in [9.17, 15) is 32.8 Å². The quantitative estimate of drug-likeness (QED) is 0.613. The van der Waals surface area contributed by atoms with Crippen LogP contribution in [0.2, 0.25) is 5.02 Å². The number of nitroso groups, excluding NO2 is 1. The van der Waals surface area contributed by atoms with Gasteiger partial charge in [0, 0.05) is 30.5 Å². The summed E-state index contributed by atoms with van der Waals surface area (Å²) in [6.45, 7) is 0.356. The number of β-amino-alcohol motifs (C(OH)–C–C–N with tert-alkyl or cyclic N) is 1. The highest BCUT2D eigenvalue weighted by Gasteiger charge is 2.27. The molecule has 1 N–H and O–H groups in total. The van der Waals surface area contributed by atoms with E-state index in [1.165, 1.54) is 4.90 Å². The van der Waals surface area contributed by atoms with Crippen LogP contribution in [0.15, 0.2) is 34.4 Å². The number of amides is 1. The Hall–Kier alpha value is -3.31. The summed E-state index contributed by atoms with van der Waals surface area (Å²) in [7, 11) is 0. The first-order valence-electron chi connectivity index (χ1n) is 8.92. The normalized spacial score (nSPS) is 16.2. The van der Waals surface area contributed by atoms with Crippen molar-refractivity contribution in [2.24, 2.45) is 5.18 Å². The van der Waals surface area contributed by atoms with Gasteiger partial charge in [0.25, 0.3) is 0 Å². The van der Waals surface area contributed by atoms with E-state index in [0.717, 1.165) is 22.9 Å². The maximum atomic E-state index is 14.8. The Morgan fingerprint density at radius 2 is 1.97 bits per heavy atom. The standard InChI is InChI=1S/C19H12ClF3N4O4/c20-12-3-8(21)4-13(22)15(12)27-7-11(19(30)25-31)16(29)10-5-14(23)18(24-17(10)27)26-2-1-9(28)6-26/h3-5,7,9,28H,1-2,6H2. The van der Waals surface area contributed by atoms with E-state index in [1.54, 1.807) is 0 Å². The van der Waals surface area contributed by atoms with Crippen molar-refractivity contribution in [2.75, 3.05) is 18.0 Å². The van der Waals surface area contributed by atoms with E-state index in [0.29, 0.717) is 12.5 Å². The first kappa shape index (κ1) is 20.9. The third kappa shape index (κ3) is 3.55. The van der Waals surface area contributed by atoms with Gasteiger partial charge < -0.3 is 10.0 Å². The molecule has 1 aromatic carbocycles. The van der Waals surface area contributed by atoms with Gasteiger partial charge in [-0.2, -0.15) is 0 Å². The molecule has 0 spiro atoms. The predicted octanol–water partition coefficient (Wildman–Crippen LogP) is 2.93. The third-order valence-electron chi connectivity index (χ3n) is 4.91. The molecule has 0 bridgehead atoms. The van der Waals surface area contributed by atoms with Crippen LogP contribution in [0.1, 0.15) is 16.8 Å². The van der Waals surface area contributed by atoms with Crippen LogP contribution in [0.4, 0.5) is 19.0 Å². The number of hydrogen-bond acceptors (Lipinski definition) is 6. The van der Waals surface area contributed by atoms with Crippen LogP contribution >= 0.6 is 11.6 Å². The number of hydrogen-bond donors (Lipinski definition) is 1. The second-order valence-corrected chi connectivity index (χ2v) is 7.32. The summed E-state index contributed by atoms with van der Waals surface area (Å²) in [4.78, 5) is 40.8. The smallest absolute Gasteiger partial charge is 0.322 e. The second kappa shape index (κ2) is 7.75. The van der Waals surface area contributed by atoms with Gasteiger partial charge >= 0.3 is 5.91 Å². The molecule has 160 valence electrons. The Bertz CT molecular complexity index is 1290. The highest BCUT2D eigenvalue weighted by molar-refractivity contribution is 6.32. The van der Waals surface area contributed by atoms with Crippen LogP contribution in [0.25, 0.3) is 16.7 Å². The molecule has 1 unspecified atom stereocenters. The Balaban J connectivity index is 2.10. The highest BCUT2D eigenvalue weighted by Crippen LogP contribution is 2.30. The van der Waals surface area contributed by atoms with Gasteiger partial charge in [-0.05, 0) is 18.6 Å². The van der Waals surface area contributed by atoms with E-state index in [1.807, 2.05) is 0 Å². The fraction of sp³-hybridized carbons (Fsp3) is 0.211. The van der Waals surface area contributed by atoms with Gasteiger partial charge in [-0.25, -0.2) is 18.2 Å². The van der Waals surface area contributed by atoms with Crippen LogP contribution in [-0.4, -0.2) is 39.8 Å². The van der Waals surface area contributed by atoms with Crippen molar-refractivity contribution in [1.82, 2.24) is 9.55 Å². The molecular weight excluding hydrogens is 441 g/mol. The summed E-state index contributed by atoms with van der Waals surface area (Å²) in [5.74, 6) is -4.75. The molecule has 1 aliphatic rings. The van der Waals surface area contributed by atoms with Crippen LogP contribution in [0.5, 0.6) is 0 Å². The van der Waals surface area contributed by atoms with Crippen LogP contribution < -0.4 is 10.3 Å². The lowest BCUT2D eigenvalue weighted by Gasteiger charge is -2.20. The van der Waals surface area contributed by atoms with E-state index in [-0.39, 0.29) is 24.6 Å². The Kier molecular flexibility index (Phi) is 5.23. The number of pyridine rings is 2. The molecule has 1 amide bonds. The molecular formula is C19H12ClF3N4O4. The number of carbonyl (C=O) groups excluding carboxylic acids is 1. The topological polar surface area (TPSA) is 105 Å². The number of rotatable bonds is 3. The highest BCUT2D eigenvalue weighted by atomic mass is 35.5. The van der Waals surface area contributed by atoms with Crippen LogP contribution in [0.3, 0.4) is 0 Å². The third-order valence-corrected chi connectivity index (χ3v) is 5.20. The number of aliphatic hydroxyl groups is 1. The summed E-state index contributed by atoms with van der Waals surface area (Å²) in [5.41, 5.74) is -2.58. The van der Waals surface area contributed by atoms with Crippen molar-refractivity contribution in [3.63, 3.8) is 0 Å². The SMILES string of the molecule is O=NC(=O)c1cn(-c2c(F)cc(F)cc2Cl)c2nc(N3CCC(O)C3)c(F)cc2c1=O. The van der Waals surface area contributed by atoms with Gasteiger partial charge in [0.15, 0.2) is 23.1 Å². The lowest BCUT2D eigenvalue weighted by atomic mass is 10.1. The summed E-state index contributed by atoms with van der Waals surface area (Å²) >= 11 is 6.00. The fourth-order valence-electron chi connectivity index (χ4n) is 3.51. The minimum absolute atomic E-state index is 0.0803. The maximum absolute atomic E-state index is 14.8. The zero-order valence-corrected chi connectivity index (χ0v) is 16.2. The number of benzene rings is 1. The van der Waals surface area contributed by atoms with Crippen molar-refractivity contribution >= 4 is 34.4 Å². The predicted molar refractivity (Wildman–Crippen MR) is 105 cm³/mol. The number of aromatic nitrogens is 2. The lowest BCUT2D eigenvalue weighted by Crippen LogP contribution is -2.25. The van der Waals surface area contributed by atoms with Gasteiger partial charge in [0.1, 0.15) is 17.1 Å². The van der Waals surface area contributed by atoms with E-state index >= 15 is 0 Å². The molecule has 1 aliphatic heterocycles. The summed E-state index contributed by atoms with van der Waals surface area (Å²) in [6.07, 6.45) is 0.453. The first-order valence-corrected chi connectivity index (χ1v) is 9.30. The number of fused-ring (bicyclic) bond motifs is 1. The number of carbonyl (C=O) groups is 1. The molecule has 8 nitrogen and oxygen atoms in total. The van der Waals surface area contributed by atoms with Crippen molar-refractivity contribution in [2.45, 2.75) is 12.5 Å². The van der Waals surface area contributed by atoms with Gasteiger partial charge in [-0.1, -0.05) is 11.6 Å². The van der Waals surface area contributed by atoms with E-state index < -0.39 is 56.6 Å². The molecule has 4 rings (SSSR count). The average molecular weight is 453 g/mol. The maximum Gasteiger partial charge on any atom is 0.322 e. The van der Waals surface area contributed by atoms with Crippen LogP contribution in [-0.2, 0) is 0 Å². The molecule has 1 fully saturated rings. The van der Waals surface area contributed by atoms with Gasteiger partial charge in [-0.3, -0.25) is 14.2 Å². The molecule has 31 heavy (non-hydrogen) atoms. The second-order valence-electron chi connectivity index (χ2n) is 6.91. The lowest BCUT2D eigenvalue weighted by molar-refractivity contribution is 0.0999. The van der Waals surface area contributed by atoms with Gasteiger partial charge in [-0.15, -0.1) is 4.91 Å². The molecule has 12 heteroatoms. The molecule has 0 radical (unpaired) electrons. The molecule has 3 aromatic rings. The monoisotopic (exact) mass is 452 g/mol. The number of halogens is 4. The van der Waals surface area contributed by atoms with Crippen molar-refractivity contribution in [1.29, 1.82) is 0 Å². The Morgan fingerprint density at radius 3 is 2.58 bits per heavy atom. The van der Waals surface area contributed by atoms with Crippen molar-refractivity contribution in [3.8, 4) is 5.69 Å². The Labute approximate surface area is 176 Å². The summed E-state index contributed by atoms with van der Waals surface area (Å²) < 4.78 is 43.8. The number of anilines is 1. The Morgan fingerprint density at radius 1 is 1.23 bits per heavy atom. The van der Waals surface area contributed by atoms with Crippen molar-refractivity contribution < 1.29 is 23.1 Å². The molecule has 0 aliphatic carbocycles. The summed E-state index contributed by atoms with van der Waals surface area (Å²) in [6, 6.07) is 2.11. The molecule has 2 aromatic heterocycles. The molecule has 3 heterocycles. The zero-order valence-electron chi connectivity index (χ0n) is 15.5.